The number of nitrogens with one attached hydrogen (secondary N) is 1. The van der Waals surface area contributed by atoms with Gasteiger partial charge in [-0.3, -0.25) is 0 Å². The van der Waals surface area contributed by atoms with E-state index >= 15 is 0 Å². The molecule has 4 heteroatoms. The molecule has 0 radical (unpaired) electrons. The summed E-state index contributed by atoms with van der Waals surface area (Å²) in [5.74, 6) is 0. The minimum absolute atomic E-state index is 0.336. The standard InChI is InChI=1S/C15H19ClN2S/c1-3-5-13(15-6-4-7-19-15)18-14-9-11(16)12(17)8-10(14)2/h4,6-9,13,18H,3,5,17H2,1-2H3. The Morgan fingerprint density at radius 1 is 1.42 bits per heavy atom. The first-order chi connectivity index (χ1) is 9.11. The number of aryl methyl sites for hydroxylation is 1. The van der Waals surface area contributed by atoms with E-state index in [2.05, 4.69) is 29.8 Å². The zero-order valence-corrected chi connectivity index (χ0v) is 12.8. The number of hydrogen-bond acceptors (Lipinski definition) is 3. The van der Waals surface area contributed by atoms with E-state index in [9.17, 15) is 0 Å². The van der Waals surface area contributed by atoms with Gasteiger partial charge in [-0.2, -0.15) is 0 Å². The lowest BCUT2D eigenvalue weighted by molar-refractivity contribution is 0.687. The van der Waals surface area contributed by atoms with Crippen LogP contribution in [0.3, 0.4) is 0 Å². The van der Waals surface area contributed by atoms with Gasteiger partial charge >= 0.3 is 0 Å². The van der Waals surface area contributed by atoms with E-state index in [4.69, 9.17) is 17.3 Å². The first-order valence-corrected chi connectivity index (χ1v) is 7.73. The fourth-order valence-corrected chi connectivity index (χ4v) is 3.09. The summed E-state index contributed by atoms with van der Waals surface area (Å²) in [5.41, 5.74) is 8.63. The minimum Gasteiger partial charge on any atom is -0.398 e. The summed E-state index contributed by atoms with van der Waals surface area (Å²) < 4.78 is 0. The third kappa shape index (κ3) is 3.43. The Morgan fingerprint density at radius 2 is 2.21 bits per heavy atom. The third-order valence-electron chi connectivity index (χ3n) is 3.14. The Labute approximate surface area is 123 Å². The van der Waals surface area contributed by atoms with Gasteiger partial charge in [0, 0.05) is 10.6 Å². The molecule has 0 amide bonds. The number of hydrogen-bond donors (Lipinski definition) is 2. The molecule has 2 aromatic rings. The maximum absolute atomic E-state index is 6.11. The molecule has 0 bridgehead atoms. The molecule has 0 saturated carbocycles. The fourth-order valence-electron chi connectivity index (χ4n) is 2.11. The molecule has 0 aliphatic rings. The highest BCUT2D eigenvalue weighted by molar-refractivity contribution is 7.10. The van der Waals surface area contributed by atoms with Gasteiger partial charge in [0.05, 0.1) is 16.8 Å². The molecule has 2 rings (SSSR count). The van der Waals surface area contributed by atoms with Crippen molar-refractivity contribution in [3.05, 3.63) is 45.1 Å². The first-order valence-electron chi connectivity index (χ1n) is 6.47. The molecule has 1 atom stereocenters. The molecule has 1 heterocycles. The normalized spacial score (nSPS) is 12.4. The van der Waals surface area contributed by atoms with Crippen LogP contribution in [0.2, 0.25) is 5.02 Å². The van der Waals surface area contributed by atoms with Crippen LogP contribution in [0.1, 0.15) is 36.2 Å². The highest BCUT2D eigenvalue weighted by Crippen LogP contribution is 2.32. The summed E-state index contributed by atoms with van der Waals surface area (Å²) in [6.45, 7) is 4.25. The Morgan fingerprint density at radius 3 is 2.84 bits per heavy atom. The monoisotopic (exact) mass is 294 g/mol. The molecule has 0 saturated heterocycles. The second kappa shape index (κ2) is 6.31. The maximum Gasteiger partial charge on any atom is 0.0656 e. The topological polar surface area (TPSA) is 38.0 Å². The van der Waals surface area contributed by atoms with Crippen molar-refractivity contribution in [1.82, 2.24) is 0 Å². The lowest BCUT2D eigenvalue weighted by atomic mass is 10.1. The van der Waals surface area contributed by atoms with E-state index in [1.54, 1.807) is 11.3 Å². The molecule has 0 spiro atoms. The zero-order valence-electron chi connectivity index (χ0n) is 11.2. The Balaban J connectivity index is 2.24. The van der Waals surface area contributed by atoms with Crippen LogP contribution in [0.5, 0.6) is 0 Å². The summed E-state index contributed by atoms with van der Waals surface area (Å²) in [6.07, 6.45) is 2.24. The van der Waals surface area contributed by atoms with Gasteiger partial charge in [-0.05, 0) is 42.5 Å². The van der Waals surface area contributed by atoms with Gasteiger partial charge in [0.2, 0.25) is 0 Å². The SMILES string of the molecule is CCCC(Nc1cc(Cl)c(N)cc1C)c1cccs1. The smallest absolute Gasteiger partial charge is 0.0656 e. The molecule has 0 fully saturated rings. The Kier molecular flexibility index (Phi) is 4.72. The van der Waals surface area contributed by atoms with Gasteiger partial charge in [0.15, 0.2) is 0 Å². The highest BCUT2D eigenvalue weighted by atomic mass is 35.5. The molecule has 3 N–H and O–H groups in total. The number of benzene rings is 1. The molecular weight excluding hydrogens is 276 g/mol. The van der Waals surface area contributed by atoms with E-state index in [0.717, 1.165) is 24.1 Å². The second-order valence-electron chi connectivity index (χ2n) is 4.69. The highest BCUT2D eigenvalue weighted by Gasteiger charge is 2.13. The van der Waals surface area contributed by atoms with Crippen molar-refractivity contribution in [2.24, 2.45) is 0 Å². The molecule has 0 aliphatic heterocycles. The van der Waals surface area contributed by atoms with Gasteiger partial charge in [-0.25, -0.2) is 0 Å². The van der Waals surface area contributed by atoms with Crippen molar-refractivity contribution in [3.63, 3.8) is 0 Å². The van der Waals surface area contributed by atoms with Gasteiger partial charge in [0.25, 0.3) is 0 Å². The van der Waals surface area contributed by atoms with Crippen molar-refractivity contribution in [1.29, 1.82) is 0 Å². The van der Waals surface area contributed by atoms with Gasteiger partial charge < -0.3 is 11.1 Å². The Hall–Kier alpha value is -1.19. The lowest BCUT2D eigenvalue weighted by Gasteiger charge is -2.20. The summed E-state index contributed by atoms with van der Waals surface area (Å²) in [6, 6.07) is 8.44. The maximum atomic E-state index is 6.11. The number of halogens is 1. The fraction of sp³-hybridized carbons (Fsp3) is 0.333. The first kappa shape index (κ1) is 14.2. The molecule has 1 aromatic heterocycles. The lowest BCUT2D eigenvalue weighted by Crippen LogP contribution is -2.10. The molecule has 0 aliphatic carbocycles. The number of thiophene rings is 1. The average Bonchev–Trinajstić information content (AvgIpc) is 2.89. The quantitative estimate of drug-likeness (QED) is 0.740. The molecule has 19 heavy (non-hydrogen) atoms. The minimum atomic E-state index is 0.336. The van der Waals surface area contributed by atoms with Gasteiger partial charge in [0.1, 0.15) is 0 Å². The van der Waals surface area contributed by atoms with Crippen LogP contribution in [0, 0.1) is 6.92 Å². The molecular formula is C15H19ClN2S. The van der Waals surface area contributed by atoms with E-state index in [-0.39, 0.29) is 0 Å². The van der Waals surface area contributed by atoms with Crippen LogP contribution < -0.4 is 11.1 Å². The van der Waals surface area contributed by atoms with Crippen molar-refractivity contribution < 1.29 is 0 Å². The molecule has 1 unspecified atom stereocenters. The summed E-state index contributed by atoms with van der Waals surface area (Å²) in [5, 5.41) is 6.31. The van der Waals surface area contributed by atoms with E-state index in [0.29, 0.717) is 16.8 Å². The number of rotatable bonds is 5. The molecule has 1 aromatic carbocycles. The van der Waals surface area contributed by atoms with Crippen LogP contribution in [0.25, 0.3) is 0 Å². The van der Waals surface area contributed by atoms with Gasteiger partial charge in [-0.15, -0.1) is 11.3 Å². The van der Waals surface area contributed by atoms with Crippen molar-refractivity contribution >= 4 is 34.3 Å². The third-order valence-corrected chi connectivity index (χ3v) is 4.45. The van der Waals surface area contributed by atoms with Crippen LogP contribution in [0.15, 0.2) is 29.6 Å². The van der Waals surface area contributed by atoms with Crippen LogP contribution in [-0.2, 0) is 0 Å². The summed E-state index contributed by atoms with van der Waals surface area (Å²) in [7, 11) is 0. The van der Waals surface area contributed by atoms with Crippen LogP contribution in [0.4, 0.5) is 11.4 Å². The molecule has 2 nitrogen and oxygen atoms in total. The van der Waals surface area contributed by atoms with Gasteiger partial charge in [-0.1, -0.05) is 31.0 Å². The number of nitrogen functional groups attached to an aromatic ring is 1. The average molecular weight is 295 g/mol. The van der Waals surface area contributed by atoms with Crippen molar-refractivity contribution in [2.45, 2.75) is 32.7 Å². The van der Waals surface area contributed by atoms with E-state index in [1.165, 1.54) is 4.88 Å². The number of nitrogens with two attached hydrogens (primary N) is 1. The second-order valence-corrected chi connectivity index (χ2v) is 6.08. The van der Waals surface area contributed by atoms with E-state index in [1.807, 2.05) is 19.1 Å². The molecule has 102 valence electrons. The predicted octanol–water partition coefficient (Wildman–Crippen LogP) is 5.25. The Bertz CT molecular complexity index is 537. The largest absolute Gasteiger partial charge is 0.398 e. The predicted molar refractivity (Wildman–Crippen MR) is 86.2 cm³/mol. The van der Waals surface area contributed by atoms with Crippen LogP contribution in [-0.4, -0.2) is 0 Å². The van der Waals surface area contributed by atoms with Crippen molar-refractivity contribution in [2.75, 3.05) is 11.1 Å². The van der Waals surface area contributed by atoms with Crippen LogP contribution >= 0.6 is 22.9 Å². The summed E-state index contributed by atoms with van der Waals surface area (Å²) >= 11 is 7.89. The van der Waals surface area contributed by atoms with Crippen molar-refractivity contribution in [3.8, 4) is 0 Å². The summed E-state index contributed by atoms with van der Waals surface area (Å²) in [4.78, 5) is 1.36. The zero-order chi connectivity index (χ0) is 13.8. The van der Waals surface area contributed by atoms with E-state index < -0.39 is 0 Å². The number of anilines is 2.